The molecule has 0 saturated carbocycles. The second kappa shape index (κ2) is 10.5. The van der Waals surface area contributed by atoms with Gasteiger partial charge in [-0.3, -0.25) is 4.79 Å². The van der Waals surface area contributed by atoms with Crippen molar-refractivity contribution in [2.75, 3.05) is 5.32 Å². The molecule has 31 heavy (non-hydrogen) atoms. The van der Waals surface area contributed by atoms with E-state index in [9.17, 15) is 10.1 Å². The number of nitrogens with zero attached hydrogens (tertiary/aromatic N) is 1. The lowest BCUT2D eigenvalue weighted by Gasteiger charge is -2.10. The molecule has 0 fully saturated rings. The highest BCUT2D eigenvalue weighted by Crippen LogP contribution is 2.25. The van der Waals surface area contributed by atoms with Crippen LogP contribution in [0.2, 0.25) is 5.02 Å². The molecule has 0 radical (unpaired) electrons. The topological polar surface area (TPSA) is 62.1 Å². The number of amides is 1. The lowest BCUT2D eigenvalue weighted by atomic mass is 10.1. The van der Waals surface area contributed by atoms with Crippen LogP contribution in [0, 0.1) is 28.7 Å². The molecule has 0 aliphatic rings. The zero-order valence-electron chi connectivity index (χ0n) is 17.1. The number of halogens is 2. The van der Waals surface area contributed by atoms with Crippen molar-refractivity contribution >= 4 is 51.9 Å². The number of nitriles is 1. The minimum absolute atomic E-state index is 0.0338. The first-order valence-corrected chi connectivity index (χ1v) is 11.0. The summed E-state index contributed by atoms with van der Waals surface area (Å²) in [7, 11) is 0. The summed E-state index contributed by atoms with van der Waals surface area (Å²) in [5.74, 6) is 0.292. The van der Waals surface area contributed by atoms with Crippen molar-refractivity contribution in [2.24, 2.45) is 0 Å². The van der Waals surface area contributed by atoms with E-state index in [1.54, 1.807) is 6.08 Å². The summed E-state index contributed by atoms with van der Waals surface area (Å²) in [6.45, 7) is 4.33. The van der Waals surface area contributed by atoms with Crippen LogP contribution < -0.4 is 10.1 Å². The predicted octanol–water partition coefficient (Wildman–Crippen LogP) is 6.69. The molecule has 0 aromatic heterocycles. The first kappa shape index (κ1) is 22.9. The summed E-state index contributed by atoms with van der Waals surface area (Å²) < 4.78 is 6.77. The maximum atomic E-state index is 12.6. The van der Waals surface area contributed by atoms with E-state index in [0.717, 1.165) is 31.6 Å². The number of benzene rings is 3. The molecule has 6 heteroatoms. The van der Waals surface area contributed by atoms with Gasteiger partial charge < -0.3 is 10.1 Å². The second-order valence-corrected chi connectivity index (χ2v) is 8.58. The number of hydrogen-bond acceptors (Lipinski definition) is 3. The zero-order chi connectivity index (χ0) is 22.4. The lowest BCUT2D eigenvalue weighted by Crippen LogP contribution is -2.14. The van der Waals surface area contributed by atoms with E-state index in [-0.39, 0.29) is 5.57 Å². The van der Waals surface area contributed by atoms with Gasteiger partial charge in [0.1, 0.15) is 24.0 Å². The maximum Gasteiger partial charge on any atom is 0.266 e. The Morgan fingerprint density at radius 1 is 1.16 bits per heavy atom. The third-order valence-corrected chi connectivity index (χ3v) is 5.89. The van der Waals surface area contributed by atoms with Gasteiger partial charge >= 0.3 is 0 Å². The van der Waals surface area contributed by atoms with E-state index >= 15 is 0 Å². The van der Waals surface area contributed by atoms with Gasteiger partial charge in [-0.1, -0.05) is 41.9 Å². The Labute approximate surface area is 200 Å². The number of carbonyl (C=O) groups excluding carboxylic acids is 1. The molecule has 3 rings (SSSR count). The third kappa shape index (κ3) is 6.09. The monoisotopic (exact) mass is 542 g/mol. The highest BCUT2D eigenvalue weighted by Gasteiger charge is 2.12. The average molecular weight is 543 g/mol. The Morgan fingerprint density at radius 3 is 2.58 bits per heavy atom. The Balaban J connectivity index is 1.72. The summed E-state index contributed by atoms with van der Waals surface area (Å²) in [5, 5.41) is 13.0. The van der Waals surface area contributed by atoms with Gasteiger partial charge in [-0.15, -0.1) is 0 Å². The summed E-state index contributed by atoms with van der Waals surface area (Å²) in [5.41, 5.74) is 4.54. The number of nitrogens with one attached hydrogen (secondary N) is 1. The van der Waals surface area contributed by atoms with Crippen LogP contribution in [0.1, 0.15) is 22.3 Å². The first-order valence-electron chi connectivity index (χ1n) is 9.53. The van der Waals surface area contributed by atoms with E-state index in [4.69, 9.17) is 16.3 Å². The van der Waals surface area contributed by atoms with Crippen molar-refractivity contribution in [2.45, 2.75) is 20.5 Å². The number of ether oxygens (including phenoxy) is 1. The van der Waals surface area contributed by atoms with Gasteiger partial charge in [0, 0.05) is 10.7 Å². The van der Waals surface area contributed by atoms with Crippen LogP contribution in [0.4, 0.5) is 5.69 Å². The standard InChI is InChI=1S/C25H20ClIN2O2/c1-16-4-3-5-23(17(16)2)29-25(30)20(14-28)12-19-8-11-24(22(27)13-19)31-15-18-6-9-21(26)10-7-18/h3-13H,15H2,1-2H3,(H,29,30)/b20-12+. The molecular weight excluding hydrogens is 523 g/mol. The van der Waals surface area contributed by atoms with Gasteiger partial charge in [0.05, 0.1) is 3.57 Å². The van der Waals surface area contributed by atoms with E-state index in [2.05, 4.69) is 27.9 Å². The molecule has 0 bridgehead atoms. The molecule has 0 aliphatic heterocycles. The summed E-state index contributed by atoms with van der Waals surface area (Å²) in [6.07, 6.45) is 1.58. The predicted molar refractivity (Wildman–Crippen MR) is 133 cm³/mol. The second-order valence-electron chi connectivity index (χ2n) is 6.98. The number of carbonyl (C=O) groups is 1. The fourth-order valence-electron chi connectivity index (χ4n) is 2.86. The summed E-state index contributed by atoms with van der Waals surface area (Å²) >= 11 is 8.09. The van der Waals surface area contributed by atoms with E-state index in [1.807, 2.05) is 80.6 Å². The van der Waals surface area contributed by atoms with E-state index in [1.165, 1.54) is 0 Å². The van der Waals surface area contributed by atoms with E-state index in [0.29, 0.717) is 17.3 Å². The van der Waals surface area contributed by atoms with Gasteiger partial charge in [0.25, 0.3) is 5.91 Å². The van der Waals surface area contributed by atoms with Crippen molar-refractivity contribution in [1.82, 2.24) is 0 Å². The summed E-state index contributed by atoms with van der Waals surface area (Å²) in [4.78, 5) is 12.6. The Morgan fingerprint density at radius 2 is 1.90 bits per heavy atom. The quantitative estimate of drug-likeness (QED) is 0.215. The van der Waals surface area contributed by atoms with Crippen LogP contribution in [0.3, 0.4) is 0 Å². The average Bonchev–Trinajstić information content (AvgIpc) is 2.75. The largest absolute Gasteiger partial charge is 0.488 e. The summed E-state index contributed by atoms with van der Waals surface area (Å²) in [6, 6.07) is 20.7. The molecule has 1 amide bonds. The Bertz CT molecular complexity index is 1180. The fourth-order valence-corrected chi connectivity index (χ4v) is 3.68. The van der Waals surface area contributed by atoms with Crippen LogP contribution in [0.5, 0.6) is 5.75 Å². The normalized spacial score (nSPS) is 11.0. The minimum atomic E-state index is -0.436. The minimum Gasteiger partial charge on any atom is -0.488 e. The van der Waals surface area contributed by atoms with Crippen LogP contribution >= 0.6 is 34.2 Å². The van der Waals surface area contributed by atoms with Gasteiger partial charge in [-0.2, -0.15) is 5.26 Å². The zero-order valence-corrected chi connectivity index (χ0v) is 20.0. The smallest absolute Gasteiger partial charge is 0.266 e. The van der Waals surface area contributed by atoms with Gasteiger partial charge in [-0.25, -0.2) is 0 Å². The molecule has 0 saturated heterocycles. The Hall–Kier alpha value is -2.82. The molecular formula is C25H20ClIN2O2. The molecule has 3 aromatic rings. The molecule has 1 N–H and O–H groups in total. The first-order chi connectivity index (χ1) is 14.9. The van der Waals surface area contributed by atoms with Crippen molar-refractivity contribution in [1.29, 1.82) is 5.26 Å². The molecule has 3 aromatic carbocycles. The van der Waals surface area contributed by atoms with Crippen LogP contribution in [0.25, 0.3) is 6.08 Å². The molecule has 0 spiro atoms. The molecule has 0 atom stereocenters. The van der Waals surface area contributed by atoms with Crippen molar-refractivity contribution in [3.8, 4) is 11.8 Å². The van der Waals surface area contributed by atoms with Gasteiger partial charge in [0.2, 0.25) is 0 Å². The van der Waals surface area contributed by atoms with Crippen molar-refractivity contribution in [3.63, 3.8) is 0 Å². The SMILES string of the molecule is Cc1cccc(NC(=O)/C(C#N)=C/c2ccc(OCc3ccc(Cl)cc3)c(I)c2)c1C. The molecule has 0 aliphatic carbocycles. The Kier molecular flexibility index (Phi) is 7.72. The third-order valence-electron chi connectivity index (χ3n) is 4.79. The molecule has 0 unspecified atom stereocenters. The van der Waals surface area contributed by atoms with Crippen molar-refractivity contribution in [3.05, 3.63) is 97.1 Å². The van der Waals surface area contributed by atoms with Crippen LogP contribution in [-0.2, 0) is 11.4 Å². The molecule has 156 valence electrons. The molecule has 4 nitrogen and oxygen atoms in total. The number of rotatable bonds is 6. The maximum absolute atomic E-state index is 12.6. The van der Waals surface area contributed by atoms with Crippen LogP contribution in [0.15, 0.2) is 66.2 Å². The lowest BCUT2D eigenvalue weighted by molar-refractivity contribution is -0.112. The van der Waals surface area contributed by atoms with E-state index < -0.39 is 5.91 Å². The molecule has 0 heterocycles. The van der Waals surface area contributed by atoms with Gasteiger partial charge in [0.15, 0.2) is 0 Å². The van der Waals surface area contributed by atoms with Crippen molar-refractivity contribution < 1.29 is 9.53 Å². The number of hydrogen-bond donors (Lipinski definition) is 1. The number of aryl methyl sites for hydroxylation is 1. The highest BCUT2D eigenvalue weighted by molar-refractivity contribution is 14.1. The fraction of sp³-hybridized carbons (Fsp3) is 0.120. The highest BCUT2D eigenvalue weighted by atomic mass is 127. The number of anilines is 1. The van der Waals surface area contributed by atoms with Crippen LogP contribution in [-0.4, -0.2) is 5.91 Å². The van der Waals surface area contributed by atoms with Gasteiger partial charge in [-0.05, 0) is 95.1 Å².